The summed E-state index contributed by atoms with van der Waals surface area (Å²) in [5.74, 6) is 0.776. The first-order valence-corrected chi connectivity index (χ1v) is 7.30. The highest BCUT2D eigenvalue weighted by Gasteiger charge is 2.13. The molecule has 0 aromatic heterocycles. The minimum atomic E-state index is 0.0407. The minimum Gasteiger partial charge on any atom is -0.497 e. The minimum absolute atomic E-state index is 0.0407. The van der Waals surface area contributed by atoms with E-state index in [4.69, 9.17) is 16.3 Å². The molecule has 104 valence electrons. The molecule has 2 rings (SSSR count). The van der Waals surface area contributed by atoms with E-state index in [9.17, 15) is 4.79 Å². The molecular formula is C16H14BrClO2. The quantitative estimate of drug-likeness (QED) is 0.735. The Kier molecular flexibility index (Phi) is 4.84. The fourth-order valence-corrected chi connectivity index (χ4v) is 2.55. The third kappa shape index (κ3) is 3.22. The van der Waals surface area contributed by atoms with Crippen molar-refractivity contribution in [2.45, 2.75) is 13.3 Å². The van der Waals surface area contributed by atoms with Crippen molar-refractivity contribution in [3.8, 4) is 5.75 Å². The first-order chi connectivity index (χ1) is 9.52. The first kappa shape index (κ1) is 15.1. The number of hydrogen-bond acceptors (Lipinski definition) is 2. The van der Waals surface area contributed by atoms with Crippen LogP contribution in [0.4, 0.5) is 0 Å². The Morgan fingerprint density at radius 2 is 2.05 bits per heavy atom. The van der Waals surface area contributed by atoms with Crippen LogP contribution in [0.25, 0.3) is 0 Å². The number of carbonyl (C=O) groups is 1. The lowest BCUT2D eigenvalue weighted by Gasteiger charge is -2.09. The molecule has 0 bridgehead atoms. The van der Waals surface area contributed by atoms with E-state index in [1.54, 1.807) is 25.3 Å². The number of halogens is 2. The molecular weight excluding hydrogens is 340 g/mol. The highest BCUT2D eigenvalue weighted by molar-refractivity contribution is 9.10. The predicted molar refractivity (Wildman–Crippen MR) is 84.9 cm³/mol. The number of ether oxygens (including phenoxy) is 1. The summed E-state index contributed by atoms with van der Waals surface area (Å²) in [5, 5.41) is 0.612. The highest BCUT2D eigenvalue weighted by atomic mass is 79.9. The summed E-state index contributed by atoms with van der Waals surface area (Å²) < 4.78 is 6.08. The normalized spacial score (nSPS) is 10.4. The average molecular weight is 354 g/mol. The Labute approximate surface area is 131 Å². The molecule has 2 nitrogen and oxygen atoms in total. The molecule has 2 aromatic rings. The molecule has 0 aliphatic carbocycles. The van der Waals surface area contributed by atoms with E-state index in [1.165, 1.54) is 0 Å². The van der Waals surface area contributed by atoms with E-state index in [2.05, 4.69) is 15.9 Å². The maximum absolute atomic E-state index is 12.4. The number of rotatable bonds is 4. The van der Waals surface area contributed by atoms with Crippen LogP contribution in [0, 0.1) is 6.92 Å². The van der Waals surface area contributed by atoms with Crippen LogP contribution in [0.2, 0.25) is 5.02 Å². The van der Waals surface area contributed by atoms with E-state index in [0.717, 1.165) is 21.3 Å². The predicted octanol–water partition coefficient (Wildman–Crippen LogP) is 4.84. The zero-order valence-electron chi connectivity index (χ0n) is 11.2. The van der Waals surface area contributed by atoms with Gasteiger partial charge in [0.2, 0.25) is 0 Å². The highest BCUT2D eigenvalue weighted by Crippen LogP contribution is 2.25. The summed E-state index contributed by atoms with van der Waals surface area (Å²) in [6.45, 7) is 1.86. The van der Waals surface area contributed by atoms with Crippen LogP contribution in [-0.2, 0) is 6.42 Å². The molecule has 0 aliphatic heterocycles. The number of benzene rings is 2. The summed E-state index contributed by atoms with van der Waals surface area (Å²) in [6, 6.07) is 11.0. The van der Waals surface area contributed by atoms with Crippen LogP contribution in [0.3, 0.4) is 0 Å². The van der Waals surface area contributed by atoms with Gasteiger partial charge in [0.15, 0.2) is 5.78 Å². The standard InChI is InChI=1S/C16H14BrClO2/c1-10-13(4-3-5-15(10)18)16(19)9-11-8-12(20-2)6-7-14(11)17/h3-8H,9H2,1-2H3. The van der Waals surface area contributed by atoms with Crippen molar-refractivity contribution in [2.75, 3.05) is 7.11 Å². The lowest BCUT2D eigenvalue weighted by Crippen LogP contribution is -2.06. The Morgan fingerprint density at radius 1 is 1.30 bits per heavy atom. The van der Waals surface area contributed by atoms with Crippen molar-refractivity contribution in [3.63, 3.8) is 0 Å². The van der Waals surface area contributed by atoms with Gasteiger partial charge in [-0.2, -0.15) is 0 Å². The molecule has 0 saturated heterocycles. The summed E-state index contributed by atoms with van der Waals surface area (Å²) >= 11 is 9.52. The maximum Gasteiger partial charge on any atom is 0.167 e. The number of ketones is 1. The van der Waals surface area contributed by atoms with Gasteiger partial charge in [0.05, 0.1) is 7.11 Å². The van der Waals surface area contributed by atoms with Crippen molar-refractivity contribution < 1.29 is 9.53 Å². The van der Waals surface area contributed by atoms with Crippen LogP contribution in [0.5, 0.6) is 5.75 Å². The van der Waals surface area contributed by atoms with Gasteiger partial charge in [-0.25, -0.2) is 0 Å². The molecule has 0 fully saturated rings. The van der Waals surface area contributed by atoms with Crippen LogP contribution < -0.4 is 4.74 Å². The van der Waals surface area contributed by atoms with Crippen LogP contribution in [-0.4, -0.2) is 12.9 Å². The molecule has 0 spiro atoms. The third-order valence-corrected chi connectivity index (χ3v) is 4.36. The number of carbonyl (C=O) groups excluding carboxylic acids is 1. The summed E-state index contributed by atoms with van der Waals surface area (Å²) in [4.78, 5) is 12.4. The van der Waals surface area contributed by atoms with Crippen molar-refractivity contribution in [1.29, 1.82) is 0 Å². The van der Waals surface area contributed by atoms with Gasteiger partial charge in [0.1, 0.15) is 5.75 Å². The van der Waals surface area contributed by atoms with Crippen molar-refractivity contribution in [3.05, 3.63) is 62.6 Å². The van der Waals surface area contributed by atoms with Crippen molar-refractivity contribution >= 4 is 33.3 Å². The fourth-order valence-electron chi connectivity index (χ4n) is 1.99. The second-order valence-corrected chi connectivity index (χ2v) is 5.73. The van der Waals surface area contributed by atoms with Crippen molar-refractivity contribution in [2.24, 2.45) is 0 Å². The van der Waals surface area contributed by atoms with Gasteiger partial charge < -0.3 is 4.74 Å². The van der Waals surface area contributed by atoms with Crippen LogP contribution >= 0.6 is 27.5 Å². The molecule has 0 atom stereocenters. The molecule has 0 radical (unpaired) electrons. The Morgan fingerprint density at radius 3 is 2.75 bits per heavy atom. The number of methoxy groups -OCH3 is 1. The molecule has 0 aliphatic rings. The van der Waals surface area contributed by atoms with Gasteiger partial charge in [0, 0.05) is 21.5 Å². The SMILES string of the molecule is COc1ccc(Br)c(CC(=O)c2cccc(Cl)c2C)c1. The molecule has 0 amide bonds. The Bertz CT molecular complexity index is 653. The largest absolute Gasteiger partial charge is 0.497 e. The van der Waals surface area contributed by atoms with Gasteiger partial charge in [-0.3, -0.25) is 4.79 Å². The fraction of sp³-hybridized carbons (Fsp3) is 0.188. The zero-order valence-corrected chi connectivity index (χ0v) is 13.6. The van der Waals surface area contributed by atoms with Crippen LogP contribution in [0.1, 0.15) is 21.5 Å². The lowest BCUT2D eigenvalue weighted by molar-refractivity contribution is 0.0992. The second kappa shape index (κ2) is 6.42. The van der Waals surface area contributed by atoms with E-state index >= 15 is 0 Å². The average Bonchev–Trinajstić information content (AvgIpc) is 2.44. The number of hydrogen-bond donors (Lipinski definition) is 0. The van der Waals surface area contributed by atoms with Gasteiger partial charge in [-0.1, -0.05) is 39.7 Å². The monoisotopic (exact) mass is 352 g/mol. The summed E-state index contributed by atoms with van der Waals surface area (Å²) in [7, 11) is 1.61. The third-order valence-electron chi connectivity index (χ3n) is 3.17. The topological polar surface area (TPSA) is 26.3 Å². The molecule has 0 N–H and O–H groups in total. The Balaban J connectivity index is 2.30. The molecule has 20 heavy (non-hydrogen) atoms. The molecule has 0 saturated carbocycles. The van der Waals surface area contributed by atoms with E-state index in [-0.39, 0.29) is 5.78 Å². The summed E-state index contributed by atoms with van der Waals surface area (Å²) in [5.41, 5.74) is 2.37. The first-order valence-electron chi connectivity index (χ1n) is 6.13. The van der Waals surface area contributed by atoms with Crippen molar-refractivity contribution in [1.82, 2.24) is 0 Å². The Hall–Kier alpha value is -1.32. The molecule has 2 aromatic carbocycles. The maximum atomic E-state index is 12.4. The second-order valence-electron chi connectivity index (χ2n) is 4.47. The molecule has 4 heteroatoms. The lowest BCUT2D eigenvalue weighted by atomic mass is 9.99. The zero-order chi connectivity index (χ0) is 14.7. The van der Waals surface area contributed by atoms with E-state index < -0.39 is 0 Å². The van der Waals surface area contributed by atoms with Gasteiger partial charge in [-0.15, -0.1) is 0 Å². The van der Waals surface area contributed by atoms with E-state index in [1.807, 2.05) is 25.1 Å². The number of Topliss-reactive ketones (excluding diaryl/α,β-unsaturated/α-hetero) is 1. The molecule has 0 heterocycles. The van der Waals surface area contributed by atoms with Gasteiger partial charge in [0.25, 0.3) is 0 Å². The summed E-state index contributed by atoms with van der Waals surface area (Å²) in [6.07, 6.45) is 0.305. The van der Waals surface area contributed by atoms with Gasteiger partial charge in [-0.05, 0) is 42.3 Å². The smallest absolute Gasteiger partial charge is 0.167 e. The van der Waals surface area contributed by atoms with E-state index in [0.29, 0.717) is 17.0 Å². The van der Waals surface area contributed by atoms with Crippen LogP contribution in [0.15, 0.2) is 40.9 Å². The van der Waals surface area contributed by atoms with Gasteiger partial charge >= 0.3 is 0 Å². The molecule has 0 unspecified atom stereocenters.